The van der Waals surface area contributed by atoms with Crippen molar-refractivity contribution in [2.24, 2.45) is 14.1 Å². The summed E-state index contributed by atoms with van der Waals surface area (Å²) in [6.45, 7) is 0. The molecule has 0 saturated heterocycles. The second-order valence-electron chi connectivity index (χ2n) is 3.78. The second kappa shape index (κ2) is 5.04. The normalized spacial score (nSPS) is 10.6. The number of hydrogen-bond acceptors (Lipinski definition) is 3. The maximum absolute atomic E-state index is 11.7. The predicted molar refractivity (Wildman–Crippen MR) is 72.5 cm³/mol. The highest BCUT2D eigenvalue weighted by molar-refractivity contribution is 7.99. The summed E-state index contributed by atoms with van der Waals surface area (Å²) in [6.07, 6.45) is 0. The molecule has 4 nitrogen and oxygen atoms in total. The zero-order valence-corrected chi connectivity index (χ0v) is 11.5. The van der Waals surface area contributed by atoms with Crippen molar-refractivity contribution in [3.8, 4) is 0 Å². The Morgan fingerprint density at radius 2 is 1.67 bits per heavy atom. The van der Waals surface area contributed by atoms with Crippen LogP contribution in [-0.4, -0.2) is 9.13 Å². The molecular weight excluding hydrogens is 272 g/mol. The third-order valence-electron chi connectivity index (χ3n) is 2.52. The lowest BCUT2D eigenvalue weighted by Gasteiger charge is -2.08. The number of rotatable bonds is 2. The number of benzene rings is 1. The summed E-state index contributed by atoms with van der Waals surface area (Å²) in [6, 6.07) is 8.66. The van der Waals surface area contributed by atoms with Crippen molar-refractivity contribution in [2.75, 3.05) is 0 Å². The van der Waals surface area contributed by atoms with E-state index in [4.69, 9.17) is 11.6 Å². The van der Waals surface area contributed by atoms with Gasteiger partial charge in [0.05, 0.1) is 5.03 Å². The van der Waals surface area contributed by atoms with Crippen LogP contribution in [0.15, 0.2) is 49.8 Å². The molecule has 0 bridgehead atoms. The average Bonchev–Trinajstić information content (AvgIpc) is 2.36. The molecule has 2 rings (SSSR count). The maximum atomic E-state index is 11.7. The molecule has 0 radical (unpaired) electrons. The van der Waals surface area contributed by atoms with Crippen molar-refractivity contribution in [3.63, 3.8) is 0 Å². The highest BCUT2D eigenvalue weighted by Gasteiger charge is 2.07. The van der Waals surface area contributed by atoms with Crippen LogP contribution in [0.25, 0.3) is 0 Å². The molecule has 6 heteroatoms. The average molecular weight is 283 g/mol. The molecule has 1 aromatic carbocycles. The third kappa shape index (κ3) is 2.52. The van der Waals surface area contributed by atoms with E-state index >= 15 is 0 Å². The van der Waals surface area contributed by atoms with Gasteiger partial charge in [-0.05, 0) is 24.3 Å². The smallest absolute Gasteiger partial charge is 0.291 e. The summed E-state index contributed by atoms with van der Waals surface area (Å²) in [5.41, 5.74) is -0.645. The first kappa shape index (κ1) is 13.0. The molecule has 1 aromatic heterocycles. The van der Waals surface area contributed by atoms with Gasteiger partial charge in [0.2, 0.25) is 0 Å². The molecule has 0 aliphatic rings. The molecule has 0 atom stereocenters. The first-order valence-electron chi connectivity index (χ1n) is 5.19. The highest BCUT2D eigenvalue weighted by Crippen LogP contribution is 2.26. The van der Waals surface area contributed by atoms with E-state index in [0.717, 1.165) is 9.46 Å². The Morgan fingerprint density at radius 3 is 2.28 bits per heavy atom. The van der Waals surface area contributed by atoms with Crippen LogP contribution in [0.2, 0.25) is 5.02 Å². The number of hydrogen-bond donors (Lipinski definition) is 0. The molecule has 0 aliphatic carbocycles. The van der Waals surface area contributed by atoms with Crippen molar-refractivity contribution in [1.29, 1.82) is 0 Å². The first-order valence-corrected chi connectivity index (χ1v) is 6.39. The summed E-state index contributed by atoms with van der Waals surface area (Å²) in [4.78, 5) is 24.2. The highest BCUT2D eigenvalue weighted by atomic mass is 35.5. The van der Waals surface area contributed by atoms with Crippen molar-refractivity contribution < 1.29 is 0 Å². The van der Waals surface area contributed by atoms with E-state index in [2.05, 4.69) is 0 Å². The van der Waals surface area contributed by atoms with Gasteiger partial charge < -0.3 is 0 Å². The van der Waals surface area contributed by atoms with Crippen LogP contribution in [0, 0.1) is 0 Å². The SMILES string of the molecule is Cn1c(Sc2ccc(Cl)cc2)cc(=O)n(C)c1=O. The number of halogens is 1. The van der Waals surface area contributed by atoms with Crippen LogP contribution >= 0.6 is 23.4 Å². The van der Waals surface area contributed by atoms with Gasteiger partial charge in [0.15, 0.2) is 0 Å². The zero-order chi connectivity index (χ0) is 13.3. The minimum Gasteiger partial charge on any atom is -0.291 e. The van der Waals surface area contributed by atoms with Gasteiger partial charge in [-0.25, -0.2) is 4.79 Å². The molecule has 94 valence electrons. The predicted octanol–water partition coefficient (Wildman–Crippen LogP) is 1.89. The molecule has 0 fully saturated rings. The Hall–Kier alpha value is -1.46. The van der Waals surface area contributed by atoms with Crippen LogP contribution in [0.1, 0.15) is 0 Å². The van der Waals surface area contributed by atoms with Crippen molar-refractivity contribution in [3.05, 3.63) is 56.2 Å². The zero-order valence-electron chi connectivity index (χ0n) is 9.88. The van der Waals surface area contributed by atoms with E-state index in [9.17, 15) is 9.59 Å². The molecule has 0 saturated carbocycles. The lowest BCUT2D eigenvalue weighted by molar-refractivity contribution is 0.636. The monoisotopic (exact) mass is 282 g/mol. The molecule has 2 aromatic rings. The van der Waals surface area contributed by atoms with Crippen molar-refractivity contribution in [2.45, 2.75) is 9.92 Å². The van der Waals surface area contributed by atoms with Gasteiger partial charge in [0.25, 0.3) is 5.56 Å². The fourth-order valence-electron chi connectivity index (χ4n) is 1.43. The van der Waals surface area contributed by atoms with Crippen LogP contribution in [0.3, 0.4) is 0 Å². The second-order valence-corrected chi connectivity index (χ2v) is 5.31. The lowest BCUT2D eigenvalue weighted by Crippen LogP contribution is -2.36. The molecule has 0 N–H and O–H groups in total. The van der Waals surface area contributed by atoms with E-state index in [0.29, 0.717) is 10.0 Å². The summed E-state index contributed by atoms with van der Waals surface area (Å²) in [7, 11) is 3.10. The molecule has 0 unspecified atom stereocenters. The van der Waals surface area contributed by atoms with Crippen molar-refractivity contribution in [1.82, 2.24) is 9.13 Å². The van der Waals surface area contributed by atoms with Crippen LogP contribution in [0.4, 0.5) is 0 Å². The summed E-state index contributed by atoms with van der Waals surface area (Å²) in [5.74, 6) is 0. The molecule has 0 spiro atoms. The van der Waals surface area contributed by atoms with Gasteiger partial charge in [0, 0.05) is 30.1 Å². The van der Waals surface area contributed by atoms with Gasteiger partial charge >= 0.3 is 5.69 Å². The van der Waals surface area contributed by atoms with E-state index in [1.54, 1.807) is 19.2 Å². The summed E-state index contributed by atoms with van der Waals surface area (Å²) in [5, 5.41) is 1.25. The van der Waals surface area contributed by atoms with Gasteiger partial charge in [0.1, 0.15) is 0 Å². The number of aromatic nitrogens is 2. The molecule has 0 amide bonds. The minimum atomic E-state index is -0.334. The molecular formula is C12H11ClN2O2S. The Labute approximate surface area is 113 Å². The van der Waals surface area contributed by atoms with E-state index in [-0.39, 0.29) is 11.2 Å². The Balaban J connectivity index is 2.44. The van der Waals surface area contributed by atoms with E-state index < -0.39 is 0 Å². The summed E-state index contributed by atoms with van der Waals surface area (Å²) < 4.78 is 2.52. The largest absolute Gasteiger partial charge is 0.331 e. The Kier molecular flexibility index (Phi) is 3.63. The standard InChI is InChI=1S/C12H11ClN2O2S/c1-14-10(16)7-11(15(2)12(14)17)18-9-5-3-8(13)4-6-9/h3-7H,1-2H3. The van der Waals surface area contributed by atoms with Crippen LogP contribution in [0.5, 0.6) is 0 Å². The first-order chi connectivity index (χ1) is 8.49. The van der Waals surface area contributed by atoms with Gasteiger partial charge in [-0.1, -0.05) is 23.4 Å². The Bertz CT molecular complexity index is 689. The fourth-order valence-corrected chi connectivity index (χ4v) is 2.45. The molecule has 0 aliphatic heterocycles. The third-order valence-corrected chi connectivity index (χ3v) is 3.88. The van der Waals surface area contributed by atoms with E-state index in [1.165, 1.54) is 29.4 Å². The van der Waals surface area contributed by atoms with Crippen LogP contribution < -0.4 is 11.2 Å². The molecule has 1 heterocycles. The van der Waals surface area contributed by atoms with Gasteiger partial charge in [-0.3, -0.25) is 13.9 Å². The quantitative estimate of drug-likeness (QED) is 0.790. The van der Waals surface area contributed by atoms with Crippen LogP contribution in [-0.2, 0) is 14.1 Å². The number of nitrogens with zero attached hydrogens (tertiary/aromatic N) is 2. The minimum absolute atomic E-state index is 0.311. The van der Waals surface area contributed by atoms with Gasteiger partial charge in [-0.15, -0.1) is 0 Å². The van der Waals surface area contributed by atoms with Gasteiger partial charge in [-0.2, -0.15) is 0 Å². The molecule has 18 heavy (non-hydrogen) atoms. The van der Waals surface area contributed by atoms with Crippen molar-refractivity contribution >= 4 is 23.4 Å². The Morgan fingerprint density at radius 1 is 1.06 bits per heavy atom. The maximum Gasteiger partial charge on any atom is 0.331 e. The lowest BCUT2D eigenvalue weighted by atomic mass is 10.4. The van der Waals surface area contributed by atoms with E-state index in [1.807, 2.05) is 12.1 Å². The topological polar surface area (TPSA) is 44.0 Å². The fraction of sp³-hybridized carbons (Fsp3) is 0.167. The summed E-state index contributed by atoms with van der Waals surface area (Å²) >= 11 is 7.15.